The van der Waals surface area contributed by atoms with Gasteiger partial charge in [-0.25, -0.2) is 4.98 Å². The number of rotatable bonds is 6. The number of carbonyl (C=O) groups excluding carboxylic acids is 1. The highest BCUT2D eigenvalue weighted by Gasteiger charge is 2.20. The van der Waals surface area contributed by atoms with Gasteiger partial charge in [0, 0.05) is 58.2 Å². The summed E-state index contributed by atoms with van der Waals surface area (Å²) < 4.78 is 0. The molecule has 6 heteroatoms. The standard InChI is InChI=1S/C19H25N5O/c1-22-9-11-23(12-10-22)13-14-24(16-17-5-3-2-4-6-17)19(25)18-15-20-7-8-21-18/h2-8,15H,9-14,16H2,1H3. The molecule has 1 amide bonds. The number of amides is 1. The van der Waals surface area contributed by atoms with Crippen molar-refractivity contribution in [1.29, 1.82) is 0 Å². The molecule has 0 saturated carbocycles. The van der Waals surface area contributed by atoms with E-state index in [1.54, 1.807) is 12.4 Å². The Morgan fingerprint density at radius 2 is 1.88 bits per heavy atom. The van der Waals surface area contributed by atoms with E-state index in [4.69, 9.17) is 0 Å². The number of benzene rings is 1. The zero-order valence-corrected chi connectivity index (χ0v) is 14.7. The molecule has 2 heterocycles. The van der Waals surface area contributed by atoms with Crippen molar-refractivity contribution in [1.82, 2.24) is 24.7 Å². The Labute approximate surface area is 149 Å². The summed E-state index contributed by atoms with van der Waals surface area (Å²) in [7, 11) is 2.15. The molecule has 1 aromatic heterocycles. The number of carbonyl (C=O) groups is 1. The summed E-state index contributed by atoms with van der Waals surface area (Å²) in [6, 6.07) is 10.1. The third kappa shape index (κ3) is 5.08. The van der Waals surface area contributed by atoms with E-state index in [0.717, 1.165) is 38.3 Å². The molecule has 0 N–H and O–H groups in total. The average Bonchev–Trinajstić information content (AvgIpc) is 2.67. The zero-order chi connectivity index (χ0) is 17.5. The van der Waals surface area contributed by atoms with Crippen LogP contribution in [0.15, 0.2) is 48.9 Å². The fraction of sp³-hybridized carbons (Fsp3) is 0.421. The van der Waals surface area contributed by atoms with Gasteiger partial charge in [-0.3, -0.25) is 14.7 Å². The highest BCUT2D eigenvalue weighted by Crippen LogP contribution is 2.09. The number of hydrogen-bond donors (Lipinski definition) is 0. The van der Waals surface area contributed by atoms with Gasteiger partial charge in [-0.2, -0.15) is 0 Å². The Kier molecular flexibility index (Phi) is 6.09. The summed E-state index contributed by atoms with van der Waals surface area (Å²) in [5.74, 6) is -0.0638. The fourth-order valence-corrected chi connectivity index (χ4v) is 2.96. The lowest BCUT2D eigenvalue weighted by molar-refractivity contribution is 0.0694. The maximum Gasteiger partial charge on any atom is 0.274 e. The van der Waals surface area contributed by atoms with E-state index in [9.17, 15) is 4.79 Å². The lowest BCUT2D eigenvalue weighted by Gasteiger charge is -2.34. The molecule has 0 atom stereocenters. The summed E-state index contributed by atoms with van der Waals surface area (Å²) in [4.78, 5) is 27.7. The van der Waals surface area contributed by atoms with E-state index in [0.29, 0.717) is 18.8 Å². The Morgan fingerprint density at radius 3 is 2.56 bits per heavy atom. The van der Waals surface area contributed by atoms with E-state index in [1.807, 2.05) is 35.2 Å². The molecule has 0 unspecified atom stereocenters. The minimum atomic E-state index is -0.0638. The van der Waals surface area contributed by atoms with Crippen LogP contribution in [-0.2, 0) is 6.54 Å². The van der Waals surface area contributed by atoms with Crippen molar-refractivity contribution in [2.45, 2.75) is 6.54 Å². The van der Waals surface area contributed by atoms with Crippen molar-refractivity contribution >= 4 is 5.91 Å². The second-order valence-corrected chi connectivity index (χ2v) is 6.45. The maximum atomic E-state index is 12.9. The van der Waals surface area contributed by atoms with Gasteiger partial charge in [0.25, 0.3) is 5.91 Å². The molecule has 3 rings (SSSR count). The Balaban J connectivity index is 1.66. The number of hydrogen-bond acceptors (Lipinski definition) is 5. The van der Waals surface area contributed by atoms with Crippen LogP contribution in [0.25, 0.3) is 0 Å². The topological polar surface area (TPSA) is 52.6 Å². The van der Waals surface area contributed by atoms with Crippen LogP contribution in [0.3, 0.4) is 0 Å². The maximum absolute atomic E-state index is 12.9. The molecule has 0 bridgehead atoms. The van der Waals surface area contributed by atoms with Crippen LogP contribution in [0.5, 0.6) is 0 Å². The second kappa shape index (κ2) is 8.69. The lowest BCUT2D eigenvalue weighted by Crippen LogP contribution is -2.47. The summed E-state index contributed by atoms with van der Waals surface area (Å²) in [5.41, 5.74) is 1.52. The van der Waals surface area contributed by atoms with Crippen LogP contribution in [0.2, 0.25) is 0 Å². The van der Waals surface area contributed by atoms with Crippen molar-refractivity contribution in [3.05, 3.63) is 60.2 Å². The highest BCUT2D eigenvalue weighted by molar-refractivity contribution is 5.91. The molecule has 0 spiro atoms. The van der Waals surface area contributed by atoms with Gasteiger partial charge in [0.15, 0.2) is 0 Å². The Morgan fingerprint density at radius 1 is 1.12 bits per heavy atom. The third-order valence-corrected chi connectivity index (χ3v) is 4.57. The van der Waals surface area contributed by atoms with Crippen molar-refractivity contribution < 1.29 is 4.79 Å². The van der Waals surface area contributed by atoms with Crippen LogP contribution in [0, 0.1) is 0 Å². The molecule has 1 saturated heterocycles. The van der Waals surface area contributed by atoms with Gasteiger partial charge in [-0.1, -0.05) is 30.3 Å². The monoisotopic (exact) mass is 339 g/mol. The average molecular weight is 339 g/mol. The van der Waals surface area contributed by atoms with Gasteiger partial charge >= 0.3 is 0 Å². The SMILES string of the molecule is CN1CCN(CCN(Cc2ccccc2)C(=O)c2cnccn2)CC1. The van der Waals surface area contributed by atoms with Gasteiger partial charge in [0.05, 0.1) is 6.20 Å². The molecule has 2 aromatic rings. The van der Waals surface area contributed by atoms with Crippen LogP contribution >= 0.6 is 0 Å². The number of nitrogens with zero attached hydrogens (tertiary/aromatic N) is 5. The summed E-state index contributed by atoms with van der Waals surface area (Å²) in [6.45, 7) is 6.42. The quantitative estimate of drug-likeness (QED) is 0.796. The van der Waals surface area contributed by atoms with Gasteiger partial charge in [-0.15, -0.1) is 0 Å². The summed E-state index contributed by atoms with van der Waals surface area (Å²) in [6.07, 6.45) is 4.69. The summed E-state index contributed by atoms with van der Waals surface area (Å²) >= 11 is 0. The molecule has 6 nitrogen and oxygen atoms in total. The molecule has 132 valence electrons. The van der Waals surface area contributed by atoms with Gasteiger partial charge in [0.1, 0.15) is 5.69 Å². The molecule has 1 aliphatic rings. The molecule has 1 aliphatic heterocycles. The zero-order valence-electron chi connectivity index (χ0n) is 14.7. The van der Waals surface area contributed by atoms with Crippen molar-refractivity contribution in [3.8, 4) is 0 Å². The molecular weight excluding hydrogens is 314 g/mol. The number of piperazine rings is 1. The van der Waals surface area contributed by atoms with Crippen LogP contribution in [-0.4, -0.2) is 76.9 Å². The highest BCUT2D eigenvalue weighted by atomic mass is 16.2. The van der Waals surface area contributed by atoms with E-state index in [2.05, 4.69) is 26.8 Å². The summed E-state index contributed by atoms with van der Waals surface area (Å²) in [5, 5.41) is 0. The Bertz CT molecular complexity index is 656. The van der Waals surface area contributed by atoms with E-state index < -0.39 is 0 Å². The van der Waals surface area contributed by atoms with E-state index in [-0.39, 0.29) is 5.91 Å². The molecule has 1 fully saturated rings. The lowest BCUT2D eigenvalue weighted by atomic mass is 10.2. The predicted octanol–water partition coefficient (Wildman–Crippen LogP) is 1.37. The first kappa shape index (κ1) is 17.5. The van der Waals surface area contributed by atoms with Gasteiger partial charge in [-0.05, 0) is 12.6 Å². The smallest absolute Gasteiger partial charge is 0.274 e. The minimum absolute atomic E-state index is 0.0638. The van der Waals surface area contributed by atoms with Crippen molar-refractivity contribution in [3.63, 3.8) is 0 Å². The molecule has 1 aromatic carbocycles. The second-order valence-electron chi connectivity index (χ2n) is 6.45. The van der Waals surface area contributed by atoms with Gasteiger partial charge in [0.2, 0.25) is 0 Å². The van der Waals surface area contributed by atoms with Crippen LogP contribution < -0.4 is 0 Å². The predicted molar refractivity (Wildman–Crippen MR) is 97.2 cm³/mol. The Hall–Kier alpha value is -2.31. The molecular formula is C19H25N5O. The first-order valence-corrected chi connectivity index (χ1v) is 8.72. The van der Waals surface area contributed by atoms with Gasteiger partial charge < -0.3 is 9.80 Å². The third-order valence-electron chi connectivity index (χ3n) is 4.57. The molecule has 0 radical (unpaired) electrons. The number of aromatic nitrogens is 2. The largest absolute Gasteiger partial charge is 0.332 e. The van der Waals surface area contributed by atoms with Crippen LogP contribution in [0.4, 0.5) is 0 Å². The van der Waals surface area contributed by atoms with E-state index >= 15 is 0 Å². The van der Waals surface area contributed by atoms with Crippen molar-refractivity contribution in [2.75, 3.05) is 46.3 Å². The van der Waals surface area contributed by atoms with E-state index in [1.165, 1.54) is 6.20 Å². The fourth-order valence-electron chi connectivity index (χ4n) is 2.96. The molecule has 25 heavy (non-hydrogen) atoms. The first-order chi connectivity index (χ1) is 12.2. The number of likely N-dealkylation sites (N-methyl/N-ethyl adjacent to an activating group) is 1. The van der Waals surface area contributed by atoms with Crippen molar-refractivity contribution in [2.24, 2.45) is 0 Å². The first-order valence-electron chi connectivity index (χ1n) is 8.72. The molecule has 0 aliphatic carbocycles. The minimum Gasteiger partial charge on any atom is -0.332 e. The van der Waals surface area contributed by atoms with Crippen LogP contribution in [0.1, 0.15) is 16.1 Å². The normalized spacial score (nSPS) is 15.9.